The fourth-order valence-electron chi connectivity index (χ4n) is 3.99. The molecule has 0 spiro atoms. The monoisotopic (exact) mass is 364 g/mol. The number of piperazine rings is 1. The molecule has 0 atom stereocenters. The third-order valence-electron chi connectivity index (χ3n) is 5.56. The fraction of sp³-hybridized carbons (Fsp3) is 0.440. The first-order valence-corrected chi connectivity index (χ1v) is 9.90. The molecule has 27 heavy (non-hydrogen) atoms. The van der Waals surface area contributed by atoms with Crippen molar-refractivity contribution in [1.82, 2.24) is 9.80 Å². The smallest absolute Gasteiger partial charge is 0.0473 e. The first-order chi connectivity index (χ1) is 12.7. The molecule has 0 aliphatic carbocycles. The van der Waals surface area contributed by atoms with Gasteiger partial charge in [-0.1, -0.05) is 43.5 Å². The second kappa shape index (κ2) is 8.75. The Kier molecular flexibility index (Phi) is 6.89. The van der Waals surface area contributed by atoms with Crippen LogP contribution in [0.3, 0.4) is 0 Å². The van der Waals surface area contributed by atoms with Crippen LogP contribution in [0.4, 0.5) is 0 Å². The minimum Gasteiger partial charge on any atom is -0.364 e. The molecule has 1 aliphatic rings. The summed E-state index contributed by atoms with van der Waals surface area (Å²) in [6.07, 6.45) is 8.25. The van der Waals surface area contributed by atoms with Gasteiger partial charge in [-0.25, -0.2) is 0 Å². The van der Waals surface area contributed by atoms with E-state index < -0.39 is 0 Å². The summed E-state index contributed by atoms with van der Waals surface area (Å²) in [5.41, 5.74) is 7.66. The van der Waals surface area contributed by atoms with E-state index in [4.69, 9.17) is 0 Å². The molecule has 0 N–H and O–H groups in total. The predicted molar refractivity (Wildman–Crippen MR) is 120 cm³/mol. The van der Waals surface area contributed by atoms with E-state index in [1.54, 1.807) is 0 Å². The highest BCUT2D eigenvalue weighted by Crippen LogP contribution is 2.28. The van der Waals surface area contributed by atoms with Gasteiger partial charge in [0.05, 0.1) is 0 Å². The molecule has 1 aromatic carbocycles. The number of nitrogens with zero attached hydrogens (tertiary/aromatic N) is 2. The highest BCUT2D eigenvalue weighted by Gasteiger charge is 2.33. The van der Waals surface area contributed by atoms with Gasteiger partial charge in [0.2, 0.25) is 0 Å². The largest absolute Gasteiger partial charge is 0.364 e. The zero-order valence-corrected chi connectivity index (χ0v) is 18.1. The number of rotatable bonds is 6. The van der Waals surface area contributed by atoms with Crippen molar-refractivity contribution in [3.05, 3.63) is 77.5 Å². The molecule has 2 nitrogen and oxygen atoms in total. The Morgan fingerprint density at radius 3 is 2.33 bits per heavy atom. The first-order valence-electron chi connectivity index (χ1n) is 9.90. The van der Waals surface area contributed by atoms with E-state index in [0.29, 0.717) is 0 Å². The van der Waals surface area contributed by atoms with Crippen molar-refractivity contribution in [3.63, 3.8) is 0 Å². The molecule has 1 saturated heterocycles. The van der Waals surface area contributed by atoms with Gasteiger partial charge in [-0.2, -0.15) is 0 Å². The molecule has 0 aromatic heterocycles. The van der Waals surface area contributed by atoms with Crippen molar-refractivity contribution in [3.8, 4) is 0 Å². The molecule has 1 aromatic rings. The summed E-state index contributed by atoms with van der Waals surface area (Å²) in [5, 5.41) is 0. The molecule has 146 valence electrons. The summed E-state index contributed by atoms with van der Waals surface area (Å²) in [6.45, 7) is 25.8. The van der Waals surface area contributed by atoms with Gasteiger partial charge in [-0.15, -0.1) is 0 Å². The standard InChI is InChI=1S/C25H36N2/c1-9-10-11-12-23(6)27-14-13-26(18-25(27,7)8)17-22(5)24-16-20(3)19(2)15-21(24)4/h9-12,15-16H,5-6,13-14,17-18H2,1-4,7-8H3/b10-9-,12-11-. The number of benzene rings is 1. The quantitative estimate of drug-likeness (QED) is 0.600. The third kappa shape index (κ3) is 5.23. The zero-order valence-electron chi connectivity index (χ0n) is 18.1. The maximum absolute atomic E-state index is 4.41. The van der Waals surface area contributed by atoms with Gasteiger partial charge in [0.1, 0.15) is 0 Å². The van der Waals surface area contributed by atoms with E-state index in [-0.39, 0.29) is 5.54 Å². The average molecular weight is 365 g/mol. The maximum Gasteiger partial charge on any atom is 0.0473 e. The summed E-state index contributed by atoms with van der Waals surface area (Å²) in [5.74, 6) is 0. The van der Waals surface area contributed by atoms with Crippen LogP contribution in [0, 0.1) is 20.8 Å². The molecular weight excluding hydrogens is 328 g/mol. The SMILES string of the molecule is C=C(CN1CCN(C(=C)/C=C\C=C/C)C(C)(C)C1)c1cc(C)c(C)cc1C. The van der Waals surface area contributed by atoms with Crippen LogP contribution in [0.25, 0.3) is 5.57 Å². The molecule has 1 heterocycles. The average Bonchev–Trinajstić information content (AvgIpc) is 2.57. The van der Waals surface area contributed by atoms with Crippen LogP contribution in [0.15, 0.2) is 55.3 Å². The van der Waals surface area contributed by atoms with E-state index in [9.17, 15) is 0 Å². The number of allylic oxidation sites excluding steroid dienone is 4. The summed E-state index contributed by atoms with van der Waals surface area (Å²) in [7, 11) is 0. The summed E-state index contributed by atoms with van der Waals surface area (Å²) >= 11 is 0. The van der Waals surface area contributed by atoms with Crippen LogP contribution in [-0.2, 0) is 0 Å². The number of aryl methyl sites for hydroxylation is 3. The Bertz CT molecular complexity index is 765. The molecule has 0 amide bonds. The van der Waals surface area contributed by atoms with Crippen molar-refractivity contribution in [2.24, 2.45) is 0 Å². The Morgan fingerprint density at radius 2 is 1.70 bits per heavy atom. The first kappa shape index (κ1) is 21.2. The predicted octanol–water partition coefficient (Wildman–Crippen LogP) is 5.67. The minimum atomic E-state index is 0.0497. The summed E-state index contributed by atoms with van der Waals surface area (Å²) < 4.78 is 0. The van der Waals surface area contributed by atoms with Crippen LogP contribution >= 0.6 is 0 Å². The van der Waals surface area contributed by atoms with Crippen LogP contribution in [-0.4, -0.2) is 41.5 Å². The highest BCUT2D eigenvalue weighted by molar-refractivity contribution is 5.68. The van der Waals surface area contributed by atoms with Gasteiger partial charge in [-0.3, -0.25) is 4.90 Å². The van der Waals surface area contributed by atoms with Crippen molar-refractivity contribution in [2.45, 2.75) is 47.1 Å². The fourth-order valence-corrected chi connectivity index (χ4v) is 3.99. The van der Waals surface area contributed by atoms with E-state index >= 15 is 0 Å². The van der Waals surface area contributed by atoms with Crippen molar-refractivity contribution >= 4 is 5.57 Å². The van der Waals surface area contributed by atoms with E-state index in [1.807, 2.05) is 19.1 Å². The van der Waals surface area contributed by atoms with Gasteiger partial charge in [0, 0.05) is 37.4 Å². The molecule has 2 rings (SSSR count). The number of hydrogen-bond donors (Lipinski definition) is 0. The second-order valence-corrected chi connectivity index (χ2v) is 8.41. The van der Waals surface area contributed by atoms with Gasteiger partial charge in [-0.05, 0) is 75.4 Å². The Balaban J connectivity index is 2.06. The van der Waals surface area contributed by atoms with E-state index in [2.05, 4.69) is 81.9 Å². The molecular formula is C25H36N2. The van der Waals surface area contributed by atoms with Crippen LogP contribution in [0.2, 0.25) is 0 Å². The lowest BCUT2D eigenvalue weighted by Crippen LogP contribution is -2.58. The van der Waals surface area contributed by atoms with Gasteiger partial charge in [0.25, 0.3) is 0 Å². The summed E-state index contributed by atoms with van der Waals surface area (Å²) in [6, 6.07) is 4.57. The van der Waals surface area contributed by atoms with Crippen LogP contribution in [0.1, 0.15) is 43.0 Å². The highest BCUT2D eigenvalue weighted by atomic mass is 15.3. The molecule has 2 heteroatoms. The molecule has 1 fully saturated rings. The lowest BCUT2D eigenvalue weighted by atomic mass is 9.94. The van der Waals surface area contributed by atoms with Gasteiger partial charge in [0.15, 0.2) is 0 Å². The molecule has 0 unspecified atom stereocenters. The van der Waals surface area contributed by atoms with Crippen molar-refractivity contribution < 1.29 is 0 Å². The lowest BCUT2D eigenvalue weighted by molar-refractivity contribution is 0.0572. The van der Waals surface area contributed by atoms with Gasteiger partial charge < -0.3 is 4.90 Å². The topological polar surface area (TPSA) is 6.48 Å². The van der Waals surface area contributed by atoms with E-state index in [1.165, 1.54) is 27.8 Å². The Hall–Kier alpha value is -2.06. The normalized spacial score (nSPS) is 17.8. The second-order valence-electron chi connectivity index (χ2n) is 8.41. The van der Waals surface area contributed by atoms with Gasteiger partial charge >= 0.3 is 0 Å². The maximum atomic E-state index is 4.41. The zero-order chi connectivity index (χ0) is 20.2. The lowest BCUT2D eigenvalue weighted by Gasteiger charge is -2.49. The molecule has 0 radical (unpaired) electrons. The Morgan fingerprint density at radius 1 is 1.04 bits per heavy atom. The minimum absolute atomic E-state index is 0.0497. The summed E-state index contributed by atoms with van der Waals surface area (Å²) in [4.78, 5) is 4.95. The number of hydrogen-bond acceptors (Lipinski definition) is 2. The van der Waals surface area contributed by atoms with Crippen molar-refractivity contribution in [1.29, 1.82) is 0 Å². The van der Waals surface area contributed by atoms with Crippen LogP contribution in [0.5, 0.6) is 0 Å². The molecule has 0 bridgehead atoms. The van der Waals surface area contributed by atoms with Crippen molar-refractivity contribution in [2.75, 3.05) is 26.2 Å². The molecule has 1 aliphatic heterocycles. The van der Waals surface area contributed by atoms with Crippen LogP contribution < -0.4 is 0 Å². The Labute approximate surface area is 166 Å². The molecule has 0 saturated carbocycles. The van der Waals surface area contributed by atoms with E-state index in [0.717, 1.165) is 31.9 Å². The third-order valence-corrected chi connectivity index (χ3v) is 5.56.